The molecule has 0 bridgehead atoms. The Morgan fingerprint density at radius 2 is 2.16 bits per heavy atom. The second-order valence-corrected chi connectivity index (χ2v) is 7.06. The Balaban J connectivity index is 1.36. The van der Waals surface area contributed by atoms with Crippen LogP contribution in [0.2, 0.25) is 0 Å². The molecule has 0 saturated heterocycles. The predicted octanol–water partition coefficient (Wildman–Crippen LogP) is 2.42. The summed E-state index contributed by atoms with van der Waals surface area (Å²) in [5, 5.41) is 12.6. The molecule has 4 rings (SSSR count). The largest absolute Gasteiger partial charge is 0.349 e. The maximum atomic E-state index is 12.5. The molecule has 3 aromatic rings. The van der Waals surface area contributed by atoms with Crippen molar-refractivity contribution in [2.75, 3.05) is 0 Å². The molecule has 0 radical (unpaired) electrons. The van der Waals surface area contributed by atoms with E-state index in [-0.39, 0.29) is 18.0 Å². The second kappa shape index (κ2) is 6.31. The smallest absolute Gasteiger partial charge is 0.253 e. The monoisotopic (exact) mass is 338 g/mol. The molecule has 0 aromatic carbocycles. The van der Waals surface area contributed by atoms with Gasteiger partial charge in [0.15, 0.2) is 5.65 Å². The number of pyridine rings is 1. The van der Waals surface area contributed by atoms with E-state index in [1.165, 1.54) is 0 Å². The number of amides is 1. The van der Waals surface area contributed by atoms with Crippen molar-refractivity contribution in [2.45, 2.75) is 45.3 Å². The Labute approximate surface area is 146 Å². The molecule has 0 atom stereocenters. The van der Waals surface area contributed by atoms with Crippen LogP contribution in [0.5, 0.6) is 0 Å². The quantitative estimate of drug-likeness (QED) is 0.775. The Kier molecular flexibility index (Phi) is 3.99. The van der Waals surface area contributed by atoms with Gasteiger partial charge in [0.1, 0.15) is 0 Å². The lowest BCUT2D eigenvalue weighted by atomic mass is 9.80. The Bertz CT molecular complexity index is 876. The highest BCUT2D eigenvalue weighted by Crippen LogP contribution is 2.29. The molecule has 7 heteroatoms. The average molecular weight is 338 g/mol. The predicted molar refractivity (Wildman–Crippen MR) is 94.1 cm³/mol. The molecule has 1 fully saturated rings. The fraction of sp³-hybridized carbons (Fsp3) is 0.444. The number of carbonyl (C=O) groups is 1. The van der Waals surface area contributed by atoms with Gasteiger partial charge in [-0.2, -0.15) is 10.2 Å². The van der Waals surface area contributed by atoms with Gasteiger partial charge in [0.05, 0.1) is 11.8 Å². The van der Waals surface area contributed by atoms with Crippen molar-refractivity contribution in [1.29, 1.82) is 0 Å². The topological polar surface area (TPSA) is 77.6 Å². The van der Waals surface area contributed by atoms with Gasteiger partial charge >= 0.3 is 0 Å². The SMILES string of the molecule is CC(C)n1ncc2cc(C(=O)NC3CC(Cn4cccn4)C3)cnc21. The number of aromatic nitrogens is 5. The first-order valence-electron chi connectivity index (χ1n) is 8.71. The van der Waals surface area contributed by atoms with Crippen molar-refractivity contribution in [3.05, 3.63) is 42.5 Å². The van der Waals surface area contributed by atoms with Crippen LogP contribution in [-0.2, 0) is 6.54 Å². The van der Waals surface area contributed by atoms with Gasteiger partial charge in [-0.05, 0) is 44.7 Å². The van der Waals surface area contributed by atoms with E-state index in [4.69, 9.17) is 0 Å². The van der Waals surface area contributed by atoms with Crippen LogP contribution in [0, 0.1) is 5.92 Å². The lowest BCUT2D eigenvalue weighted by Crippen LogP contribution is -2.45. The van der Waals surface area contributed by atoms with Gasteiger partial charge in [-0.1, -0.05) is 0 Å². The Morgan fingerprint density at radius 1 is 1.32 bits per heavy atom. The van der Waals surface area contributed by atoms with Gasteiger partial charge in [-0.3, -0.25) is 9.48 Å². The molecule has 130 valence electrons. The van der Waals surface area contributed by atoms with Crippen molar-refractivity contribution < 1.29 is 4.79 Å². The van der Waals surface area contributed by atoms with Crippen LogP contribution in [-0.4, -0.2) is 36.5 Å². The van der Waals surface area contributed by atoms with Gasteiger partial charge in [0.25, 0.3) is 5.91 Å². The van der Waals surface area contributed by atoms with Crippen molar-refractivity contribution in [2.24, 2.45) is 5.92 Å². The molecule has 0 aliphatic heterocycles. The third kappa shape index (κ3) is 3.14. The van der Waals surface area contributed by atoms with Crippen LogP contribution in [0.3, 0.4) is 0 Å². The van der Waals surface area contributed by atoms with E-state index in [0.29, 0.717) is 11.5 Å². The van der Waals surface area contributed by atoms with Crippen LogP contribution < -0.4 is 5.32 Å². The normalized spacial score (nSPS) is 20.0. The molecule has 0 spiro atoms. The number of hydrogen-bond donors (Lipinski definition) is 1. The second-order valence-electron chi connectivity index (χ2n) is 7.06. The summed E-state index contributed by atoms with van der Waals surface area (Å²) >= 11 is 0. The van der Waals surface area contributed by atoms with Crippen LogP contribution in [0.25, 0.3) is 11.0 Å². The lowest BCUT2D eigenvalue weighted by Gasteiger charge is -2.35. The number of hydrogen-bond acceptors (Lipinski definition) is 4. The summed E-state index contributed by atoms with van der Waals surface area (Å²) in [6.07, 6.45) is 9.16. The highest BCUT2D eigenvalue weighted by Gasteiger charge is 2.30. The highest BCUT2D eigenvalue weighted by molar-refractivity contribution is 5.97. The van der Waals surface area contributed by atoms with E-state index in [2.05, 4.69) is 34.3 Å². The fourth-order valence-corrected chi connectivity index (χ4v) is 3.39. The number of nitrogens with zero attached hydrogens (tertiary/aromatic N) is 5. The minimum absolute atomic E-state index is 0.0609. The molecule has 7 nitrogen and oxygen atoms in total. The van der Waals surface area contributed by atoms with E-state index in [9.17, 15) is 4.79 Å². The van der Waals surface area contributed by atoms with E-state index in [0.717, 1.165) is 30.4 Å². The van der Waals surface area contributed by atoms with Gasteiger partial charge in [-0.15, -0.1) is 0 Å². The molecular weight excluding hydrogens is 316 g/mol. The summed E-state index contributed by atoms with van der Waals surface area (Å²) in [6, 6.07) is 4.28. The minimum Gasteiger partial charge on any atom is -0.349 e. The zero-order chi connectivity index (χ0) is 17.4. The van der Waals surface area contributed by atoms with Gasteiger partial charge in [0.2, 0.25) is 0 Å². The zero-order valence-electron chi connectivity index (χ0n) is 14.5. The van der Waals surface area contributed by atoms with E-state index < -0.39 is 0 Å². The third-order valence-electron chi connectivity index (χ3n) is 4.76. The van der Waals surface area contributed by atoms with Crippen LogP contribution >= 0.6 is 0 Å². The molecule has 1 amide bonds. The molecule has 1 saturated carbocycles. The maximum absolute atomic E-state index is 12.5. The van der Waals surface area contributed by atoms with Crippen LogP contribution in [0.15, 0.2) is 36.9 Å². The van der Waals surface area contributed by atoms with Crippen LogP contribution in [0.1, 0.15) is 43.1 Å². The molecule has 1 aliphatic carbocycles. The molecule has 3 aromatic heterocycles. The molecule has 25 heavy (non-hydrogen) atoms. The number of fused-ring (bicyclic) bond motifs is 1. The summed E-state index contributed by atoms with van der Waals surface area (Å²) < 4.78 is 3.82. The first-order valence-corrected chi connectivity index (χ1v) is 8.71. The van der Waals surface area contributed by atoms with Crippen molar-refractivity contribution in [3.63, 3.8) is 0 Å². The molecule has 0 unspecified atom stereocenters. The number of rotatable bonds is 5. The summed E-state index contributed by atoms with van der Waals surface area (Å²) in [6.45, 7) is 5.04. The number of nitrogens with one attached hydrogen (secondary N) is 1. The molecule has 1 N–H and O–H groups in total. The average Bonchev–Trinajstić information content (AvgIpc) is 3.21. The highest BCUT2D eigenvalue weighted by atomic mass is 16.1. The third-order valence-corrected chi connectivity index (χ3v) is 4.76. The summed E-state index contributed by atoms with van der Waals surface area (Å²) in [7, 11) is 0. The van der Waals surface area contributed by atoms with Crippen molar-refractivity contribution in [1.82, 2.24) is 29.9 Å². The summed E-state index contributed by atoms with van der Waals surface area (Å²) in [5.41, 5.74) is 1.40. The lowest BCUT2D eigenvalue weighted by molar-refractivity contribution is 0.0879. The van der Waals surface area contributed by atoms with Gasteiger partial charge in [0, 0.05) is 42.6 Å². The van der Waals surface area contributed by atoms with Crippen molar-refractivity contribution >= 4 is 16.9 Å². The molecule has 1 aliphatic rings. The Morgan fingerprint density at radius 3 is 2.88 bits per heavy atom. The summed E-state index contributed by atoms with van der Waals surface area (Å²) in [4.78, 5) is 16.9. The van der Waals surface area contributed by atoms with Gasteiger partial charge < -0.3 is 5.32 Å². The maximum Gasteiger partial charge on any atom is 0.253 e. The first kappa shape index (κ1) is 15.8. The standard InChI is InChI=1S/C18H22N6O/c1-12(2)24-17-14(10-21-24)8-15(9-19-17)18(25)22-16-6-13(7-16)11-23-5-3-4-20-23/h3-5,8-10,12-13,16H,6-7,11H2,1-2H3,(H,22,25). The number of carbonyl (C=O) groups excluding carboxylic acids is 1. The van der Waals surface area contributed by atoms with Crippen molar-refractivity contribution in [3.8, 4) is 0 Å². The first-order chi connectivity index (χ1) is 12.1. The van der Waals surface area contributed by atoms with E-state index in [1.807, 2.05) is 27.7 Å². The van der Waals surface area contributed by atoms with Gasteiger partial charge in [-0.25, -0.2) is 9.67 Å². The molecular formula is C18H22N6O. The van der Waals surface area contributed by atoms with E-state index in [1.54, 1.807) is 18.6 Å². The molecule has 3 heterocycles. The fourth-order valence-electron chi connectivity index (χ4n) is 3.39. The minimum atomic E-state index is -0.0609. The van der Waals surface area contributed by atoms with Crippen LogP contribution in [0.4, 0.5) is 0 Å². The van der Waals surface area contributed by atoms with E-state index >= 15 is 0 Å². The zero-order valence-corrected chi connectivity index (χ0v) is 14.5. The Hall–Kier alpha value is -2.70. The summed E-state index contributed by atoms with van der Waals surface area (Å²) in [5.74, 6) is 0.518.